The van der Waals surface area contributed by atoms with E-state index in [2.05, 4.69) is 5.32 Å². The van der Waals surface area contributed by atoms with E-state index >= 15 is 0 Å². The van der Waals surface area contributed by atoms with Crippen LogP contribution in [0.2, 0.25) is 0 Å². The number of amides is 1. The average molecular weight is 243 g/mol. The van der Waals surface area contributed by atoms with Crippen LogP contribution in [-0.4, -0.2) is 35.2 Å². The van der Waals surface area contributed by atoms with Crippen LogP contribution in [0.25, 0.3) is 0 Å². The molecule has 1 fully saturated rings. The second kappa shape index (κ2) is 6.00. The van der Waals surface area contributed by atoms with E-state index in [4.69, 9.17) is 9.84 Å². The Morgan fingerprint density at radius 1 is 1.41 bits per heavy atom. The molecule has 0 aromatic carbocycles. The second-order valence-electron chi connectivity index (χ2n) is 5.12. The van der Waals surface area contributed by atoms with E-state index in [1.54, 1.807) is 0 Å². The third kappa shape index (κ3) is 5.17. The minimum Gasteiger partial charge on any atom is -0.481 e. The Balaban J connectivity index is 2.39. The molecule has 0 aliphatic carbocycles. The molecule has 0 aromatic heterocycles. The zero-order valence-corrected chi connectivity index (χ0v) is 10.5. The van der Waals surface area contributed by atoms with Gasteiger partial charge in [0.1, 0.15) is 6.10 Å². The van der Waals surface area contributed by atoms with Crippen molar-refractivity contribution < 1.29 is 19.4 Å². The molecule has 1 aliphatic heterocycles. The van der Waals surface area contributed by atoms with Crippen LogP contribution in [0.5, 0.6) is 0 Å². The number of carboxylic acids is 1. The first-order chi connectivity index (χ1) is 7.91. The van der Waals surface area contributed by atoms with E-state index in [1.807, 2.05) is 13.8 Å². The molecular formula is C12H21NO4. The molecule has 1 rings (SSSR count). The number of ether oxygens (including phenoxy) is 1. The van der Waals surface area contributed by atoms with Gasteiger partial charge in [0.2, 0.25) is 5.91 Å². The van der Waals surface area contributed by atoms with Crippen LogP contribution in [0.15, 0.2) is 0 Å². The predicted octanol–water partition coefficient (Wildman–Crippen LogP) is 1.32. The maximum Gasteiger partial charge on any atom is 0.303 e. The Labute approximate surface area is 102 Å². The third-order valence-corrected chi connectivity index (χ3v) is 2.90. The normalized spacial score (nSPS) is 20.9. The summed E-state index contributed by atoms with van der Waals surface area (Å²) in [6.07, 6.45) is 2.87. The van der Waals surface area contributed by atoms with E-state index in [1.165, 1.54) is 0 Å². The van der Waals surface area contributed by atoms with Crippen molar-refractivity contribution in [3.05, 3.63) is 0 Å². The third-order valence-electron chi connectivity index (χ3n) is 2.90. The van der Waals surface area contributed by atoms with Crippen LogP contribution in [0.3, 0.4) is 0 Å². The highest BCUT2D eigenvalue weighted by Crippen LogP contribution is 2.16. The summed E-state index contributed by atoms with van der Waals surface area (Å²) in [5, 5.41) is 11.5. The topological polar surface area (TPSA) is 75.6 Å². The molecular weight excluding hydrogens is 222 g/mol. The molecule has 1 amide bonds. The van der Waals surface area contributed by atoms with Crippen LogP contribution in [0, 0.1) is 0 Å². The van der Waals surface area contributed by atoms with Gasteiger partial charge in [0.15, 0.2) is 0 Å². The van der Waals surface area contributed by atoms with Gasteiger partial charge in [0.25, 0.3) is 0 Å². The molecule has 1 aliphatic rings. The summed E-state index contributed by atoms with van der Waals surface area (Å²) in [5.74, 6) is -0.971. The number of hydrogen-bond acceptors (Lipinski definition) is 3. The second-order valence-corrected chi connectivity index (χ2v) is 5.12. The zero-order valence-electron chi connectivity index (χ0n) is 10.5. The molecule has 5 heteroatoms. The van der Waals surface area contributed by atoms with Crippen molar-refractivity contribution in [2.45, 2.75) is 57.6 Å². The zero-order chi connectivity index (χ0) is 12.9. The summed E-state index contributed by atoms with van der Waals surface area (Å²) in [6, 6.07) is 0. The summed E-state index contributed by atoms with van der Waals surface area (Å²) >= 11 is 0. The summed E-state index contributed by atoms with van der Waals surface area (Å²) < 4.78 is 5.38. The Bertz CT molecular complexity index is 282. The SMILES string of the molecule is CC(C)(CCC(=O)O)NC(=O)C1CCCCO1. The predicted molar refractivity (Wildman–Crippen MR) is 62.7 cm³/mol. The van der Waals surface area contributed by atoms with Crippen LogP contribution < -0.4 is 5.32 Å². The fourth-order valence-corrected chi connectivity index (χ4v) is 1.84. The Kier molecular flexibility index (Phi) is 4.93. The molecule has 5 nitrogen and oxygen atoms in total. The van der Waals surface area contributed by atoms with Crippen molar-refractivity contribution in [3.63, 3.8) is 0 Å². The van der Waals surface area contributed by atoms with Crippen molar-refractivity contribution in [3.8, 4) is 0 Å². The molecule has 1 atom stereocenters. The lowest BCUT2D eigenvalue weighted by Crippen LogP contribution is -2.49. The summed E-state index contributed by atoms with van der Waals surface area (Å²) in [7, 11) is 0. The van der Waals surface area contributed by atoms with Gasteiger partial charge < -0.3 is 15.2 Å². The standard InChI is InChI=1S/C12H21NO4/c1-12(2,7-6-10(14)15)13-11(16)9-5-3-4-8-17-9/h9H,3-8H2,1-2H3,(H,13,16)(H,14,15). The molecule has 1 unspecified atom stereocenters. The van der Waals surface area contributed by atoms with Gasteiger partial charge in [-0.15, -0.1) is 0 Å². The lowest BCUT2D eigenvalue weighted by molar-refractivity contribution is -0.140. The highest BCUT2D eigenvalue weighted by atomic mass is 16.5. The van der Waals surface area contributed by atoms with Crippen molar-refractivity contribution in [2.75, 3.05) is 6.61 Å². The van der Waals surface area contributed by atoms with E-state index < -0.39 is 11.5 Å². The van der Waals surface area contributed by atoms with Crippen LogP contribution >= 0.6 is 0 Å². The van der Waals surface area contributed by atoms with Crippen molar-refractivity contribution in [2.24, 2.45) is 0 Å². The highest BCUT2D eigenvalue weighted by molar-refractivity contribution is 5.81. The van der Waals surface area contributed by atoms with Crippen LogP contribution in [0.1, 0.15) is 46.0 Å². The summed E-state index contributed by atoms with van der Waals surface area (Å²) in [4.78, 5) is 22.4. The minimum absolute atomic E-state index is 0.0544. The Morgan fingerprint density at radius 2 is 2.12 bits per heavy atom. The average Bonchev–Trinajstić information content (AvgIpc) is 2.27. The van der Waals surface area contributed by atoms with Gasteiger partial charge in [-0.05, 0) is 39.5 Å². The Morgan fingerprint density at radius 3 is 2.65 bits per heavy atom. The molecule has 1 saturated heterocycles. The lowest BCUT2D eigenvalue weighted by atomic mass is 9.97. The lowest BCUT2D eigenvalue weighted by Gasteiger charge is -2.29. The van der Waals surface area contributed by atoms with E-state index in [9.17, 15) is 9.59 Å². The maximum absolute atomic E-state index is 11.9. The fraction of sp³-hybridized carbons (Fsp3) is 0.833. The molecule has 17 heavy (non-hydrogen) atoms. The molecule has 0 bridgehead atoms. The number of carbonyl (C=O) groups excluding carboxylic acids is 1. The number of rotatable bonds is 5. The molecule has 2 N–H and O–H groups in total. The largest absolute Gasteiger partial charge is 0.481 e. The number of carbonyl (C=O) groups is 2. The minimum atomic E-state index is -0.846. The molecule has 0 aromatic rings. The van der Waals surface area contributed by atoms with Gasteiger partial charge >= 0.3 is 5.97 Å². The molecule has 0 spiro atoms. The Hall–Kier alpha value is -1.10. The first-order valence-electron chi connectivity index (χ1n) is 6.06. The quantitative estimate of drug-likeness (QED) is 0.763. The van der Waals surface area contributed by atoms with Crippen molar-refractivity contribution in [1.82, 2.24) is 5.32 Å². The first-order valence-corrected chi connectivity index (χ1v) is 6.06. The summed E-state index contributed by atoms with van der Waals surface area (Å²) in [6.45, 7) is 4.29. The molecule has 1 heterocycles. The van der Waals surface area contributed by atoms with Crippen LogP contribution in [-0.2, 0) is 14.3 Å². The smallest absolute Gasteiger partial charge is 0.303 e. The number of aliphatic carboxylic acids is 1. The van der Waals surface area contributed by atoms with Gasteiger partial charge in [-0.1, -0.05) is 0 Å². The van der Waals surface area contributed by atoms with Crippen molar-refractivity contribution >= 4 is 11.9 Å². The van der Waals surface area contributed by atoms with E-state index in [0.717, 1.165) is 19.3 Å². The molecule has 0 saturated carbocycles. The van der Waals surface area contributed by atoms with Gasteiger partial charge in [0, 0.05) is 18.6 Å². The van der Waals surface area contributed by atoms with Crippen molar-refractivity contribution in [1.29, 1.82) is 0 Å². The highest BCUT2D eigenvalue weighted by Gasteiger charge is 2.27. The first kappa shape index (κ1) is 14.0. The number of hydrogen-bond donors (Lipinski definition) is 2. The van der Waals surface area contributed by atoms with Gasteiger partial charge in [-0.25, -0.2) is 0 Å². The monoisotopic (exact) mass is 243 g/mol. The number of carboxylic acid groups (broad SMARTS) is 1. The van der Waals surface area contributed by atoms with Crippen LogP contribution in [0.4, 0.5) is 0 Å². The number of nitrogens with one attached hydrogen (secondary N) is 1. The fourth-order valence-electron chi connectivity index (χ4n) is 1.84. The summed E-state index contributed by atoms with van der Waals surface area (Å²) in [5.41, 5.74) is -0.504. The molecule has 0 radical (unpaired) electrons. The van der Waals surface area contributed by atoms with Gasteiger partial charge in [0.05, 0.1) is 0 Å². The van der Waals surface area contributed by atoms with Gasteiger partial charge in [-0.3, -0.25) is 9.59 Å². The van der Waals surface area contributed by atoms with Gasteiger partial charge in [-0.2, -0.15) is 0 Å². The van der Waals surface area contributed by atoms with E-state index in [-0.39, 0.29) is 18.4 Å². The van der Waals surface area contributed by atoms with E-state index in [0.29, 0.717) is 13.0 Å². The maximum atomic E-state index is 11.9. The molecule has 98 valence electrons.